The van der Waals surface area contributed by atoms with Gasteiger partial charge in [0.1, 0.15) is 11.6 Å². The van der Waals surface area contributed by atoms with Crippen molar-refractivity contribution in [3.63, 3.8) is 0 Å². The third-order valence-corrected chi connectivity index (χ3v) is 7.95. The Labute approximate surface area is 204 Å². The van der Waals surface area contributed by atoms with Crippen molar-refractivity contribution in [1.82, 2.24) is 19.6 Å². The first-order chi connectivity index (χ1) is 16.2. The molecule has 10 heteroatoms. The van der Waals surface area contributed by atoms with E-state index in [-0.39, 0.29) is 23.3 Å². The molecule has 2 aromatic heterocycles. The average molecular weight is 500 g/mol. The van der Waals surface area contributed by atoms with Crippen LogP contribution in [0.2, 0.25) is 0 Å². The number of carbonyl (C=O) groups excluding carboxylic acids is 1. The highest BCUT2D eigenvalue weighted by molar-refractivity contribution is 7.89. The summed E-state index contributed by atoms with van der Waals surface area (Å²) in [6, 6.07) is 12.0. The lowest BCUT2D eigenvalue weighted by atomic mass is 10.1. The minimum Gasteiger partial charge on any atom is -0.353 e. The largest absolute Gasteiger partial charge is 0.353 e. The van der Waals surface area contributed by atoms with Crippen molar-refractivity contribution >= 4 is 33.1 Å². The molecule has 1 aliphatic rings. The third-order valence-electron chi connectivity index (χ3n) is 5.67. The smallest absolute Gasteiger partial charge is 0.254 e. The highest BCUT2D eigenvalue weighted by Crippen LogP contribution is 2.20. The maximum atomic E-state index is 13.1. The molecule has 8 nitrogen and oxygen atoms in total. The van der Waals surface area contributed by atoms with Crippen LogP contribution in [0.15, 0.2) is 52.7 Å². The molecule has 1 amide bonds. The summed E-state index contributed by atoms with van der Waals surface area (Å²) in [5.41, 5.74) is 1.30. The molecular weight excluding hydrogens is 470 g/mol. The van der Waals surface area contributed by atoms with Crippen molar-refractivity contribution in [3.05, 3.63) is 69.8 Å². The number of nitrogens with one attached hydrogen (secondary N) is 1. The van der Waals surface area contributed by atoms with Gasteiger partial charge in [-0.05, 0) is 36.6 Å². The van der Waals surface area contributed by atoms with Crippen LogP contribution in [0.4, 0.5) is 5.82 Å². The Bertz CT molecular complexity index is 1250. The molecule has 0 unspecified atom stereocenters. The summed E-state index contributed by atoms with van der Waals surface area (Å²) >= 11 is 1.49. The van der Waals surface area contributed by atoms with E-state index < -0.39 is 10.0 Å². The van der Waals surface area contributed by atoms with Crippen LogP contribution in [0.1, 0.15) is 46.5 Å². The Morgan fingerprint density at radius 3 is 2.53 bits per heavy atom. The van der Waals surface area contributed by atoms with Crippen LogP contribution in [-0.2, 0) is 16.6 Å². The Morgan fingerprint density at radius 1 is 1.09 bits per heavy atom. The Morgan fingerprint density at radius 2 is 1.85 bits per heavy atom. The molecule has 0 atom stereocenters. The topological polar surface area (TPSA) is 95.5 Å². The van der Waals surface area contributed by atoms with Crippen LogP contribution in [0.3, 0.4) is 0 Å². The minimum absolute atomic E-state index is 0.0891. The lowest BCUT2D eigenvalue weighted by molar-refractivity contribution is 0.0746. The quantitative estimate of drug-likeness (QED) is 0.535. The number of hydrogen-bond donors (Lipinski definition) is 1. The number of piperazine rings is 1. The summed E-state index contributed by atoms with van der Waals surface area (Å²) in [7, 11) is -3.72. The van der Waals surface area contributed by atoms with Crippen molar-refractivity contribution in [3.8, 4) is 0 Å². The Kier molecular flexibility index (Phi) is 7.30. The monoisotopic (exact) mass is 499 g/mol. The molecule has 1 saturated heterocycles. The van der Waals surface area contributed by atoms with E-state index in [1.54, 1.807) is 17.0 Å². The van der Waals surface area contributed by atoms with Crippen LogP contribution in [0.5, 0.6) is 0 Å². The molecule has 0 aliphatic carbocycles. The van der Waals surface area contributed by atoms with Gasteiger partial charge in [-0.3, -0.25) is 4.79 Å². The summed E-state index contributed by atoms with van der Waals surface area (Å²) in [6.45, 7) is 8.70. The predicted octanol–water partition coefficient (Wildman–Crippen LogP) is 3.41. The number of anilines is 1. The van der Waals surface area contributed by atoms with Gasteiger partial charge in [-0.15, -0.1) is 11.3 Å². The van der Waals surface area contributed by atoms with Gasteiger partial charge in [0.2, 0.25) is 10.0 Å². The van der Waals surface area contributed by atoms with E-state index in [4.69, 9.17) is 4.98 Å². The van der Waals surface area contributed by atoms with E-state index in [0.717, 1.165) is 22.2 Å². The van der Waals surface area contributed by atoms with Crippen molar-refractivity contribution in [2.75, 3.05) is 31.1 Å². The summed E-state index contributed by atoms with van der Waals surface area (Å²) < 4.78 is 28.1. The van der Waals surface area contributed by atoms with Gasteiger partial charge in [0, 0.05) is 60.8 Å². The number of sulfonamides is 1. The van der Waals surface area contributed by atoms with Crippen molar-refractivity contribution in [2.24, 2.45) is 0 Å². The number of amides is 1. The van der Waals surface area contributed by atoms with Gasteiger partial charge in [0.05, 0.1) is 4.90 Å². The number of thiophene rings is 1. The van der Waals surface area contributed by atoms with E-state index in [2.05, 4.69) is 28.5 Å². The standard InChI is InChI=1S/C24H29N5O3S2/c1-17(2)23-26-18(3)14-22(27-23)28-9-11-29(12-10-28)24(30)19-6-4-8-21(15-19)34(31,32)25-16-20-7-5-13-33-20/h4-8,13-15,17,25H,9-12,16H2,1-3H3. The fraction of sp³-hybridized carbons (Fsp3) is 0.375. The second-order valence-corrected chi connectivity index (χ2v) is 11.4. The van der Waals surface area contributed by atoms with Gasteiger partial charge in [-0.25, -0.2) is 23.1 Å². The molecule has 34 heavy (non-hydrogen) atoms. The first-order valence-electron chi connectivity index (χ1n) is 11.2. The maximum absolute atomic E-state index is 13.1. The SMILES string of the molecule is Cc1cc(N2CCN(C(=O)c3cccc(S(=O)(=O)NCc4cccs4)c3)CC2)nc(C(C)C)n1. The van der Waals surface area contributed by atoms with Gasteiger partial charge < -0.3 is 9.80 Å². The van der Waals surface area contributed by atoms with Crippen molar-refractivity contribution in [1.29, 1.82) is 0 Å². The van der Waals surface area contributed by atoms with Crippen molar-refractivity contribution < 1.29 is 13.2 Å². The third kappa shape index (κ3) is 5.63. The number of benzene rings is 1. The highest BCUT2D eigenvalue weighted by atomic mass is 32.2. The van der Waals surface area contributed by atoms with Gasteiger partial charge in [-0.2, -0.15) is 0 Å². The van der Waals surface area contributed by atoms with E-state index in [9.17, 15) is 13.2 Å². The van der Waals surface area contributed by atoms with E-state index in [1.165, 1.54) is 23.5 Å². The molecule has 1 aromatic carbocycles. The van der Waals surface area contributed by atoms with Gasteiger partial charge in [0.25, 0.3) is 5.91 Å². The molecule has 0 spiro atoms. The molecular formula is C24H29N5O3S2. The first-order valence-corrected chi connectivity index (χ1v) is 13.6. The second kappa shape index (κ2) is 10.2. The molecule has 0 bridgehead atoms. The predicted molar refractivity (Wildman–Crippen MR) is 134 cm³/mol. The Balaban J connectivity index is 1.42. The molecule has 0 radical (unpaired) electrons. The van der Waals surface area contributed by atoms with E-state index in [0.29, 0.717) is 31.7 Å². The number of rotatable bonds is 7. The molecule has 1 aliphatic heterocycles. The fourth-order valence-corrected chi connectivity index (χ4v) is 5.56. The van der Waals surface area contributed by atoms with Crippen molar-refractivity contribution in [2.45, 2.75) is 38.1 Å². The van der Waals surface area contributed by atoms with Crippen LogP contribution >= 0.6 is 11.3 Å². The van der Waals surface area contributed by atoms with E-state index >= 15 is 0 Å². The van der Waals surface area contributed by atoms with Crippen LogP contribution < -0.4 is 9.62 Å². The lowest BCUT2D eigenvalue weighted by Gasteiger charge is -2.35. The summed E-state index contributed by atoms with van der Waals surface area (Å²) in [5.74, 6) is 1.77. The minimum atomic E-state index is -3.72. The van der Waals surface area contributed by atoms with Crippen LogP contribution in [-0.4, -0.2) is 55.4 Å². The number of hydrogen-bond acceptors (Lipinski definition) is 7. The number of carbonyl (C=O) groups is 1. The first kappa shape index (κ1) is 24.3. The number of aryl methyl sites for hydroxylation is 1. The lowest BCUT2D eigenvalue weighted by Crippen LogP contribution is -2.49. The number of nitrogens with zero attached hydrogens (tertiary/aromatic N) is 4. The number of aromatic nitrogens is 2. The van der Waals surface area contributed by atoms with Crippen LogP contribution in [0, 0.1) is 6.92 Å². The molecule has 0 saturated carbocycles. The Hall–Kier alpha value is -2.82. The van der Waals surface area contributed by atoms with Crippen LogP contribution in [0.25, 0.3) is 0 Å². The van der Waals surface area contributed by atoms with Gasteiger partial charge in [0.15, 0.2) is 0 Å². The summed E-state index contributed by atoms with van der Waals surface area (Å²) in [4.78, 5) is 27.3. The highest BCUT2D eigenvalue weighted by Gasteiger charge is 2.25. The molecule has 180 valence electrons. The average Bonchev–Trinajstić information content (AvgIpc) is 3.36. The second-order valence-electron chi connectivity index (χ2n) is 8.59. The van der Waals surface area contributed by atoms with E-state index in [1.807, 2.05) is 30.5 Å². The molecule has 4 rings (SSSR count). The zero-order valence-corrected chi connectivity index (χ0v) is 21.2. The van der Waals surface area contributed by atoms with Gasteiger partial charge >= 0.3 is 0 Å². The zero-order chi connectivity index (χ0) is 24.3. The molecule has 1 fully saturated rings. The normalized spacial score (nSPS) is 14.6. The molecule has 3 heterocycles. The summed E-state index contributed by atoms with van der Waals surface area (Å²) in [5, 5.41) is 1.90. The fourth-order valence-electron chi connectivity index (χ4n) is 3.77. The maximum Gasteiger partial charge on any atom is 0.254 e. The molecule has 1 N–H and O–H groups in total. The zero-order valence-electron chi connectivity index (χ0n) is 19.6. The summed E-state index contributed by atoms with van der Waals surface area (Å²) in [6.07, 6.45) is 0. The van der Waals surface area contributed by atoms with Gasteiger partial charge in [-0.1, -0.05) is 26.0 Å². The molecule has 3 aromatic rings.